The molecule has 0 unspecified atom stereocenters. The lowest BCUT2D eigenvalue weighted by Crippen LogP contribution is -2.32. The third-order valence-corrected chi connectivity index (χ3v) is 3.22. The number of aromatic amines is 1. The van der Waals surface area contributed by atoms with Gasteiger partial charge in [-0.1, -0.05) is 0 Å². The van der Waals surface area contributed by atoms with Crippen LogP contribution in [0.3, 0.4) is 0 Å². The number of thioether (sulfide) groups is 1. The fraction of sp³-hybridized carbons (Fsp3) is 0.500. The zero-order valence-corrected chi connectivity index (χ0v) is 11.6. The third kappa shape index (κ3) is 4.97. The van der Waals surface area contributed by atoms with Crippen LogP contribution < -0.4 is 5.32 Å². The predicted octanol–water partition coefficient (Wildman–Crippen LogP) is 0.991. The summed E-state index contributed by atoms with van der Waals surface area (Å²) in [5.74, 6) is 1.71. The van der Waals surface area contributed by atoms with Gasteiger partial charge in [-0.2, -0.15) is 22.0 Å². The van der Waals surface area contributed by atoms with Gasteiger partial charge in [0.25, 0.3) is 0 Å². The molecule has 9 heteroatoms. The van der Waals surface area contributed by atoms with Crippen LogP contribution in [0.2, 0.25) is 0 Å². The molecule has 0 aliphatic rings. The van der Waals surface area contributed by atoms with Gasteiger partial charge in [-0.3, -0.25) is 5.32 Å². The number of guanidine groups is 1. The molecule has 8 nitrogen and oxygen atoms in total. The van der Waals surface area contributed by atoms with Crippen molar-refractivity contribution < 1.29 is 0 Å². The number of aryl methyl sites for hydroxylation is 1. The lowest BCUT2D eigenvalue weighted by molar-refractivity contribution is 0.519. The van der Waals surface area contributed by atoms with E-state index >= 15 is 0 Å². The highest BCUT2D eigenvalue weighted by Crippen LogP contribution is 2.12. The number of imidazole rings is 1. The molecule has 19 heavy (non-hydrogen) atoms. The van der Waals surface area contributed by atoms with Crippen molar-refractivity contribution in [3.8, 4) is 6.19 Å². The average Bonchev–Trinajstić information content (AvgIpc) is 2.82. The summed E-state index contributed by atoms with van der Waals surface area (Å²) in [7, 11) is 1.43. The fourth-order valence-electron chi connectivity index (χ4n) is 1.23. The number of aromatic nitrogens is 2. The van der Waals surface area contributed by atoms with E-state index in [-0.39, 0.29) is 5.96 Å². The lowest BCUT2D eigenvalue weighted by atomic mass is 10.4. The van der Waals surface area contributed by atoms with Gasteiger partial charge in [-0.15, -0.1) is 4.91 Å². The number of nitroso groups, excluding NO2 is 1. The molecule has 0 amide bonds. The number of aliphatic imine (C=N–C) groups is 1. The van der Waals surface area contributed by atoms with Crippen molar-refractivity contribution in [1.82, 2.24) is 20.3 Å². The van der Waals surface area contributed by atoms with E-state index in [0.717, 1.165) is 27.9 Å². The van der Waals surface area contributed by atoms with Crippen LogP contribution in [-0.4, -0.2) is 40.3 Å². The number of nitrogens with zero attached hydrogens (tertiary/aromatic N) is 5. The van der Waals surface area contributed by atoms with Crippen molar-refractivity contribution in [3.05, 3.63) is 22.6 Å². The van der Waals surface area contributed by atoms with Crippen LogP contribution in [-0.2, 0) is 5.75 Å². The van der Waals surface area contributed by atoms with Crippen LogP contribution in [0.25, 0.3) is 0 Å². The molecule has 0 fully saturated rings. The number of hydrogen-bond acceptors (Lipinski definition) is 6. The summed E-state index contributed by atoms with van der Waals surface area (Å²) in [4.78, 5) is 21.6. The summed E-state index contributed by atoms with van der Waals surface area (Å²) in [6.45, 7) is 2.46. The van der Waals surface area contributed by atoms with Crippen molar-refractivity contribution in [2.75, 3.05) is 19.3 Å². The van der Waals surface area contributed by atoms with Crippen LogP contribution in [0.1, 0.15) is 11.4 Å². The van der Waals surface area contributed by atoms with Crippen LogP contribution >= 0.6 is 11.8 Å². The maximum absolute atomic E-state index is 10.3. The number of rotatable bonds is 6. The van der Waals surface area contributed by atoms with Gasteiger partial charge in [-0.25, -0.2) is 9.98 Å². The van der Waals surface area contributed by atoms with E-state index in [4.69, 9.17) is 5.26 Å². The maximum atomic E-state index is 10.3. The molecule has 0 bridgehead atoms. The number of nitriles is 1. The Bertz CT molecular complexity index is 478. The molecule has 1 aromatic heterocycles. The standard InChI is InChI=1S/C10H15N7OS/c1-8-9(15-7-14-8)5-19-4-3-12-10(13-6-11)17(2)16-18/h7H,3-5H2,1-2H3,(H,12,13)(H,14,15). The predicted molar refractivity (Wildman–Crippen MR) is 74.1 cm³/mol. The molecule has 0 atom stereocenters. The molecule has 102 valence electrons. The summed E-state index contributed by atoms with van der Waals surface area (Å²) < 4.78 is 0. The van der Waals surface area contributed by atoms with Crippen molar-refractivity contribution in [2.45, 2.75) is 12.7 Å². The highest BCUT2D eigenvalue weighted by molar-refractivity contribution is 7.98. The first-order valence-corrected chi connectivity index (χ1v) is 6.67. The van der Waals surface area contributed by atoms with Gasteiger partial charge in [0.15, 0.2) is 6.19 Å². The van der Waals surface area contributed by atoms with E-state index in [2.05, 4.69) is 25.6 Å². The Morgan fingerprint density at radius 3 is 3.11 bits per heavy atom. The molecule has 0 radical (unpaired) electrons. The van der Waals surface area contributed by atoms with Gasteiger partial charge in [0.2, 0.25) is 5.96 Å². The summed E-state index contributed by atoms with van der Waals surface area (Å²) in [6, 6.07) is 0. The topological polar surface area (TPSA) is 110 Å². The SMILES string of the molecule is Cc1[nH]cnc1CSCCN=C(NC#N)N(C)N=O. The van der Waals surface area contributed by atoms with Crippen LogP contribution in [0.15, 0.2) is 16.6 Å². The van der Waals surface area contributed by atoms with Crippen LogP contribution in [0.4, 0.5) is 0 Å². The second-order valence-electron chi connectivity index (χ2n) is 3.57. The normalized spacial score (nSPS) is 10.9. The Balaban J connectivity index is 2.33. The molecule has 0 aliphatic carbocycles. The molecule has 1 rings (SSSR count). The maximum Gasteiger partial charge on any atom is 0.230 e. The molecule has 0 saturated carbocycles. The molecular weight excluding hydrogens is 266 g/mol. The average molecular weight is 281 g/mol. The summed E-state index contributed by atoms with van der Waals surface area (Å²) in [5, 5.41) is 14.5. The van der Waals surface area contributed by atoms with E-state index in [1.54, 1.807) is 24.3 Å². The second-order valence-corrected chi connectivity index (χ2v) is 4.68. The van der Waals surface area contributed by atoms with E-state index < -0.39 is 0 Å². The van der Waals surface area contributed by atoms with Gasteiger partial charge >= 0.3 is 0 Å². The first-order chi connectivity index (χ1) is 9.19. The second kappa shape index (κ2) is 8.10. The minimum absolute atomic E-state index is 0.147. The molecule has 0 spiro atoms. The monoisotopic (exact) mass is 281 g/mol. The van der Waals surface area contributed by atoms with Crippen LogP contribution in [0, 0.1) is 23.3 Å². The summed E-state index contributed by atoms with van der Waals surface area (Å²) in [5.41, 5.74) is 2.09. The van der Waals surface area contributed by atoms with Crippen molar-refractivity contribution in [3.63, 3.8) is 0 Å². The zero-order valence-electron chi connectivity index (χ0n) is 10.8. The molecule has 0 aromatic carbocycles. The Morgan fingerprint density at radius 2 is 2.53 bits per heavy atom. The van der Waals surface area contributed by atoms with E-state index in [1.807, 2.05) is 6.92 Å². The van der Waals surface area contributed by atoms with Gasteiger partial charge in [0, 0.05) is 24.2 Å². The molecule has 1 aromatic rings. The highest BCUT2D eigenvalue weighted by atomic mass is 32.2. The van der Waals surface area contributed by atoms with Gasteiger partial charge in [-0.05, 0) is 6.92 Å². The lowest BCUT2D eigenvalue weighted by Gasteiger charge is -2.09. The zero-order chi connectivity index (χ0) is 14.1. The smallest absolute Gasteiger partial charge is 0.230 e. The van der Waals surface area contributed by atoms with Crippen molar-refractivity contribution in [1.29, 1.82) is 5.26 Å². The Hall–Kier alpha value is -2.08. The summed E-state index contributed by atoms with van der Waals surface area (Å²) >= 11 is 1.68. The Morgan fingerprint density at radius 1 is 1.74 bits per heavy atom. The van der Waals surface area contributed by atoms with Gasteiger partial charge in [0.05, 0.1) is 23.9 Å². The van der Waals surface area contributed by atoms with E-state index in [1.165, 1.54) is 7.05 Å². The third-order valence-electron chi connectivity index (χ3n) is 2.27. The van der Waals surface area contributed by atoms with E-state index in [0.29, 0.717) is 6.54 Å². The molecular formula is C10H15N7OS. The Kier molecular flexibility index (Phi) is 6.38. The van der Waals surface area contributed by atoms with Gasteiger partial charge < -0.3 is 4.98 Å². The number of hydrogen-bond donors (Lipinski definition) is 2. The number of nitrogens with one attached hydrogen (secondary N) is 2. The first kappa shape index (κ1) is 15.0. The first-order valence-electron chi connectivity index (χ1n) is 5.52. The molecule has 2 N–H and O–H groups in total. The van der Waals surface area contributed by atoms with Gasteiger partial charge in [0.1, 0.15) is 0 Å². The van der Waals surface area contributed by atoms with Crippen molar-refractivity contribution >= 4 is 17.7 Å². The quantitative estimate of drug-likeness (QED) is 0.153. The Labute approximate surface area is 115 Å². The molecule has 0 saturated heterocycles. The largest absolute Gasteiger partial charge is 0.348 e. The molecule has 0 aliphatic heterocycles. The molecule has 1 heterocycles. The van der Waals surface area contributed by atoms with Crippen molar-refractivity contribution in [2.24, 2.45) is 10.3 Å². The summed E-state index contributed by atoms with van der Waals surface area (Å²) in [6.07, 6.45) is 3.38. The minimum atomic E-state index is 0.147. The van der Waals surface area contributed by atoms with E-state index in [9.17, 15) is 4.91 Å². The number of H-pyrrole nitrogens is 1. The highest BCUT2D eigenvalue weighted by Gasteiger charge is 2.05. The minimum Gasteiger partial charge on any atom is -0.348 e. The fourth-order valence-corrected chi connectivity index (χ4v) is 2.08. The van der Waals surface area contributed by atoms with Crippen LogP contribution in [0.5, 0.6) is 0 Å².